The molecule has 8 heteroatoms. The Hall–Kier alpha value is -3.03. The third kappa shape index (κ3) is 3.65. The fraction of sp³-hybridized carbons (Fsp3) is 0.312. The highest BCUT2D eigenvalue weighted by molar-refractivity contribution is 6.05. The highest BCUT2D eigenvalue weighted by atomic mass is 16.5. The van der Waals surface area contributed by atoms with Gasteiger partial charge < -0.3 is 24.4 Å². The highest BCUT2D eigenvalue weighted by Gasteiger charge is 2.17. The van der Waals surface area contributed by atoms with Crippen molar-refractivity contribution in [2.45, 2.75) is 0 Å². The van der Waals surface area contributed by atoms with E-state index in [9.17, 15) is 4.79 Å². The van der Waals surface area contributed by atoms with Crippen LogP contribution in [0.2, 0.25) is 0 Å². The number of amides is 1. The summed E-state index contributed by atoms with van der Waals surface area (Å²) in [6.45, 7) is 0. The lowest BCUT2D eigenvalue weighted by Gasteiger charge is -2.14. The van der Waals surface area contributed by atoms with Crippen molar-refractivity contribution >= 4 is 17.5 Å². The van der Waals surface area contributed by atoms with Gasteiger partial charge in [0.15, 0.2) is 11.5 Å². The summed E-state index contributed by atoms with van der Waals surface area (Å²) >= 11 is 0. The Morgan fingerprint density at radius 2 is 1.54 bits per heavy atom. The lowest BCUT2D eigenvalue weighted by molar-refractivity contribution is 0.102. The van der Waals surface area contributed by atoms with E-state index in [-0.39, 0.29) is 5.91 Å². The molecule has 1 aromatic heterocycles. The third-order valence-corrected chi connectivity index (χ3v) is 3.22. The summed E-state index contributed by atoms with van der Waals surface area (Å²) in [6.07, 6.45) is 3.08. The molecule has 2 rings (SSSR count). The minimum atomic E-state index is -0.338. The molecule has 2 aromatic rings. The van der Waals surface area contributed by atoms with Crippen molar-refractivity contribution in [1.82, 2.24) is 9.97 Å². The van der Waals surface area contributed by atoms with Crippen LogP contribution in [0.1, 0.15) is 10.4 Å². The normalized spacial score (nSPS) is 10.0. The van der Waals surface area contributed by atoms with E-state index in [4.69, 9.17) is 14.2 Å². The molecule has 1 heterocycles. The second-order valence-electron chi connectivity index (χ2n) is 5.03. The molecule has 0 fully saturated rings. The third-order valence-electron chi connectivity index (χ3n) is 3.22. The minimum absolute atomic E-state index is 0.338. The predicted octanol–water partition coefficient (Wildman–Crippen LogP) is 1.82. The summed E-state index contributed by atoms with van der Waals surface area (Å²) in [5.74, 6) is 1.45. The van der Waals surface area contributed by atoms with E-state index >= 15 is 0 Å². The molecule has 0 unspecified atom stereocenters. The number of anilines is 2. The van der Waals surface area contributed by atoms with Crippen LogP contribution in [0.25, 0.3) is 0 Å². The fourth-order valence-corrected chi connectivity index (χ4v) is 2.03. The molecule has 0 atom stereocenters. The number of carbonyl (C=O) groups is 1. The second-order valence-corrected chi connectivity index (χ2v) is 5.03. The van der Waals surface area contributed by atoms with E-state index in [1.165, 1.54) is 33.7 Å². The van der Waals surface area contributed by atoms with Gasteiger partial charge in [-0.25, -0.2) is 9.97 Å². The molecule has 0 aliphatic heterocycles. The number of nitrogens with zero attached hydrogens (tertiary/aromatic N) is 3. The Kier molecular flexibility index (Phi) is 5.41. The van der Waals surface area contributed by atoms with Gasteiger partial charge in [0.25, 0.3) is 5.91 Å². The van der Waals surface area contributed by atoms with Gasteiger partial charge in [-0.15, -0.1) is 0 Å². The number of benzene rings is 1. The predicted molar refractivity (Wildman–Crippen MR) is 90.4 cm³/mol. The zero-order chi connectivity index (χ0) is 17.7. The molecule has 0 aliphatic carbocycles. The van der Waals surface area contributed by atoms with E-state index in [0.29, 0.717) is 34.4 Å². The van der Waals surface area contributed by atoms with Crippen molar-refractivity contribution in [1.29, 1.82) is 0 Å². The summed E-state index contributed by atoms with van der Waals surface area (Å²) in [7, 11) is 8.16. The average Bonchev–Trinajstić information content (AvgIpc) is 2.60. The topological polar surface area (TPSA) is 85.8 Å². The number of ether oxygens (including phenoxy) is 3. The Morgan fingerprint density at radius 1 is 1.00 bits per heavy atom. The molecule has 0 spiro atoms. The van der Waals surface area contributed by atoms with E-state index in [0.717, 1.165) is 0 Å². The van der Waals surface area contributed by atoms with Crippen molar-refractivity contribution in [2.75, 3.05) is 45.6 Å². The number of methoxy groups -OCH3 is 3. The van der Waals surface area contributed by atoms with Gasteiger partial charge in [-0.2, -0.15) is 0 Å². The average molecular weight is 332 g/mol. The molecule has 0 bridgehead atoms. The van der Waals surface area contributed by atoms with Crippen molar-refractivity contribution in [3.05, 3.63) is 30.1 Å². The highest BCUT2D eigenvalue weighted by Crippen LogP contribution is 2.38. The van der Waals surface area contributed by atoms with Crippen LogP contribution in [0, 0.1) is 0 Å². The SMILES string of the molecule is COc1cc(C(=O)Nc2cnc(N(C)C)nc2)cc(OC)c1OC. The first-order valence-electron chi connectivity index (χ1n) is 7.10. The quantitative estimate of drug-likeness (QED) is 0.863. The number of rotatable bonds is 6. The molecule has 0 radical (unpaired) electrons. The van der Waals surface area contributed by atoms with Crippen LogP contribution in [0.5, 0.6) is 17.2 Å². The molecule has 1 aromatic carbocycles. The minimum Gasteiger partial charge on any atom is -0.493 e. The van der Waals surface area contributed by atoms with E-state index in [1.54, 1.807) is 17.0 Å². The zero-order valence-corrected chi connectivity index (χ0v) is 14.3. The van der Waals surface area contributed by atoms with E-state index in [2.05, 4.69) is 15.3 Å². The smallest absolute Gasteiger partial charge is 0.256 e. The van der Waals surface area contributed by atoms with Crippen LogP contribution < -0.4 is 24.4 Å². The van der Waals surface area contributed by atoms with Gasteiger partial charge >= 0.3 is 0 Å². The number of hydrogen-bond donors (Lipinski definition) is 1. The van der Waals surface area contributed by atoms with Crippen molar-refractivity contribution in [3.63, 3.8) is 0 Å². The van der Waals surface area contributed by atoms with Crippen LogP contribution >= 0.6 is 0 Å². The Bertz CT molecular complexity index is 692. The van der Waals surface area contributed by atoms with E-state index < -0.39 is 0 Å². The summed E-state index contributed by atoms with van der Waals surface area (Å²) in [5, 5.41) is 2.73. The maximum atomic E-state index is 12.4. The molecular formula is C16H20N4O4. The first-order chi connectivity index (χ1) is 11.5. The standard InChI is InChI=1S/C16H20N4O4/c1-20(2)16-17-8-11(9-18-16)19-15(21)10-6-12(22-3)14(24-5)13(7-10)23-4/h6-9H,1-5H3,(H,19,21). The van der Waals surface area contributed by atoms with Gasteiger partial charge in [-0.1, -0.05) is 0 Å². The number of aromatic nitrogens is 2. The van der Waals surface area contributed by atoms with Crippen LogP contribution in [0.15, 0.2) is 24.5 Å². The summed E-state index contributed by atoms with van der Waals surface area (Å²) < 4.78 is 15.7. The summed E-state index contributed by atoms with van der Waals surface area (Å²) in [5.41, 5.74) is 0.848. The van der Waals surface area contributed by atoms with E-state index in [1.807, 2.05) is 14.1 Å². The lowest BCUT2D eigenvalue weighted by atomic mass is 10.1. The Balaban J connectivity index is 2.26. The monoisotopic (exact) mass is 332 g/mol. The van der Waals surface area contributed by atoms with Gasteiger partial charge in [0.1, 0.15) is 0 Å². The van der Waals surface area contributed by atoms with Crippen LogP contribution in [0.3, 0.4) is 0 Å². The first kappa shape index (κ1) is 17.3. The van der Waals surface area contributed by atoms with Gasteiger partial charge in [0.05, 0.1) is 39.4 Å². The molecule has 0 saturated carbocycles. The maximum absolute atomic E-state index is 12.4. The molecule has 0 aliphatic rings. The Morgan fingerprint density at radius 3 is 1.96 bits per heavy atom. The van der Waals surface area contributed by atoms with Crippen LogP contribution in [0.4, 0.5) is 11.6 Å². The number of carbonyl (C=O) groups excluding carboxylic acids is 1. The van der Waals surface area contributed by atoms with Crippen molar-refractivity contribution in [2.24, 2.45) is 0 Å². The van der Waals surface area contributed by atoms with Crippen molar-refractivity contribution in [3.8, 4) is 17.2 Å². The van der Waals surface area contributed by atoms with Gasteiger partial charge in [-0.3, -0.25) is 4.79 Å². The molecule has 128 valence electrons. The molecule has 8 nitrogen and oxygen atoms in total. The molecule has 24 heavy (non-hydrogen) atoms. The Labute approximate surface area is 140 Å². The van der Waals surface area contributed by atoms with Gasteiger partial charge in [-0.05, 0) is 12.1 Å². The fourth-order valence-electron chi connectivity index (χ4n) is 2.03. The van der Waals surface area contributed by atoms with Crippen LogP contribution in [-0.2, 0) is 0 Å². The zero-order valence-electron chi connectivity index (χ0n) is 14.3. The van der Waals surface area contributed by atoms with Gasteiger partial charge in [0.2, 0.25) is 11.7 Å². The van der Waals surface area contributed by atoms with Crippen molar-refractivity contribution < 1.29 is 19.0 Å². The first-order valence-corrected chi connectivity index (χ1v) is 7.10. The lowest BCUT2D eigenvalue weighted by Crippen LogP contribution is -2.15. The van der Waals surface area contributed by atoms with Gasteiger partial charge in [0, 0.05) is 19.7 Å². The second kappa shape index (κ2) is 7.49. The number of nitrogens with one attached hydrogen (secondary N) is 1. The molecule has 1 amide bonds. The van der Waals surface area contributed by atoms with Crippen LogP contribution in [-0.4, -0.2) is 51.3 Å². The summed E-state index contributed by atoms with van der Waals surface area (Å²) in [6, 6.07) is 3.15. The number of hydrogen-bond acceptors (Lipinski definition) is 7. The molecule has 0 saturated heterocycles. The molecule has 1 N–H and O–H groups in total. The molecular weight excluding hydrogens is 312 g/mol. The maximum Gasteiger partial charge on any atom is 0.256 e. The summed E-state index contributed by atoms with van der Waals surface area (Å²) in [4.78, 5) is 22.5. The largest absolute Gasteiger partial charge is 0.493 e.